The molecule has 1 aliphatic heterocycles. The molecular formula is C25H31N3O3S. The van der Waals surface area contributed by atoms with Gasteiger partial charge in [-0.05, 0) is 86.3 Å². The van der Waals surface area contributed by atoms with Gasteiger partial charge in [-0.15, -0.1) is 0 Å². The first-order chi connectivity index (χ1) is 15.4. The van der Waals surface area contributed by atoms with E-state index in [1.54, 1.807) is 42.5 Å². The predicted molar refractivity (Wildman–Crippen MR) is 131 cm³/mol. The molecule has 1 aliphatic rings. The number of carbonyl (C=O) groups is 2. The maximum atomic E-state index is 12.6. The van der Waals surface area contributed by atoms with Crippen molar-refractivity contribution in [3.8, 4) is 5.75 Å². The van der Waals surface area contributed by atoms with E-state index in [0.29, 0.717) is 35.1 Å². The number of nitrogens with one attached hydrogen (secondary N) is 2. The number of anilines is 1. The number of ether oxygens (including phenoxy) is 1. The molecule has 0 aromatic heterocycles. The van der Waals surface area contributed by atoms with E-state index in [1.807, 2.05) is 11.0 Å². The van der Waals surface area contributed by atoms with Crippen LogP contribution in [0.4, 0.5) is 5.69 Å². The fraction of sp³-hybridized carbons (Fsp3) is 0.400. The van der Waals surface area contributed by atoms with E-state index in [1.165, 1.54) is 6.42 Å². The second-order valence-electron chi connectivity index (χ2n) is 8.40. The number of nitrogens with zero attached hydrogens (tertiary/aromatic N) is 1. The van der Waals surface area contributed by atoms with Crippen LogP contribution in [-0.2, 0) is 0 Å². The lowest BCUT2D eigenvalue weighted by Gasteiger charge is -2.26. The van der Waals surface area contributed by atoms with Crippen LogP contribution in [0.3, 0.4) is 0 Å². The Kier molecular flexibility index (Phi) is 8.62. The quantitative estimate of drug-likeness (QED) is 0.586. The predicted octanol–water partition coefficient (Wildman–Crippen LogP) is 4.86. The Hall–Kier alpha value is -2.93. The van der Waals surface area contributed by atoms with Gasteiger partial charge in [0.2, 0.25) is 0 Å². The molecule has 170 valence electrons. The summed E-state index contributed by atoms with van der Waals surface area (Å²) in [6.45, 7) is 6.53. The number of thiocarbonyl (C=S) groups is 1. The molecule has 0 unspecified atom stereocenters. The third-order valence-electron chi connectivity index (χ3n) is 5.32. The summed E-state index contributed by atoms with van der Waals surface area (Å²) in [5.41, 5.74) is 1.83. The Labute approximate surface area is 195 Å². The van der Waals surface area contributed by atoms with Crippen molar-refractivity contribution < 1.29 is 14.3 Å². The van der Waals surface area contributed by atoms with Gasteiger partial charge < -0.3 is 15.0 Å². The Morgan fingerprint density at radius 3 is 2.44 bits per heavy atom. The summed E-state index contributed by atoms with van der Waals surface area (Å²) in [6.07, 6.45) is 4.26. The molecule has 2 N–H and O–H groups in total. The van der Waals surface area contributed by atoms with Crippen molar-refractivity contribution >= 4 is 34.8 Å². The lowest BCUT2D eigenvalue weighted by atomic mass is 10.1. The van der Waals surface area contributed by atoms with E-state index in [-0.39, 0.29) is 16.9 Å². The highest BCUT2D eigenvalue weighted by Crippen LogP contribution is 2.17. The number of likely N-dealkylation sites (tertiary alicyclic amines) is 1. The zero-order chi connectivity index (χ0) is 22.9. The molecule has 1 heterocycles. The van der Waals surface area contributed by atoms with E-state index in [0.717, 1.165) is 32.4 Å². The molecule has 2 amide bonds. The Morgan fingerprint density at radius 2 is 1.75 bits per heavy atom. The minimum absolute atomic E-state index is 0.0580. The van der Waals surface area contributed by atoms with Crippen molar-refractivity contribution in [2.45, 2.75) is 39.5 Å². The first-order valence-electron chi connectivity index (χ1n) is 11.2. The molecule has 2 aromatic rings. The minimum Gasteiger partial charge on any atom is -0.494 e. The summed E-state index contributed by atoms with van der Waals surface area (Å²) in [4.78, 5) is 27.0. The van der Waals surface area contributed by atoms with Crippen molar-refractivity contribution in [1.82, 2.24) is 10.2 Å². The molecule has 1 fully saturated rings. The van der Waals surface area contributed by atoms with Crippen LogP contribution in [0.1, 0.15) is 60.2 Å². The molecule has 2 aromatic carbocycles. The Balaban J connectivity index is 1.51. The van der Waals surface area contributed by atoms with Crippen molar-refractivity contribution in [3.05, 3.63) is 59.7 Å². The number of carbonyl (C=O) groups excluding carboxylic acids is 2. The molecule has 0 atom stereocenters. The fourth-order valence-electron chi connectivity index (χ4n) is 3.45. The van der Waals surface area contributed by atoms with Gasteiger partial charge in [0.1, 0.15) is 5.75 Å². The largest absolute Gasteiger partial charge is 0.494 e. The second-order valence-corrected chi connectivity index (χ2v) is 8.81. The van der Waals surface area contributed by atoms with Crippen molar-refractivity contribution in [1.29, 1.82) is 0 Å². The van der Waals surface area contributed by atoms with Gasteiger partial charge in [-0.3, -0.25) is 14.9 Å². The number of piperidine rings is 1. The van der Waals surface area contributed by atoms with Crippen LogP contribution in [-0.4, -0.2) is 41.5 Å². The number of amides is 2. The van der Waals surface area contributed by atoms with Crippen LogP contribution in [0.5, 0.6) is 5.75 Å². The highest BCUT2D eigenvalue weighted by atomic mass is 32.1. The molecule has 32 heavy (non-hydrogen) atoms. The van der Waals surface area contributed by atoms with E-state index in [4.69, 9.17) is 17.0 Å². The second kappa shape index (κ2) is 11.6. The Bertz CT molecular complexity index is 938. The first kappa shape index (κ1) is 23.7. The summed E-state index contributed by atoms with van der Waals surface area (Å²) < 4.78 is 5.72. The maximum absolute atomic E-state index is 12.6. The van der Waals surface area contributed by atoms with Crippen LogP contribution in [0.2, 0.25) is 0 Å². The molecule has 0 bridgehead atoms. The van der Waals surface area contributed by atoms with Crippen molar-refractivity contribution in [3.63, 3.8) is 0 Å². The van der Waals surface area contributed by atoms with Gasteiger partial charge in [-0.2, -0.15) is 0 Å². The molecule has 0 aliphatic carbocycles. The monoisotopic (exact) mass is 453 g/mol. The standard InChI is InChI=1S/C25H31N3O3S/c1-18(2)13-16-31-22-8-6-7-20(17-22)23(29)27-25(32)26-21-11-9-19(10-12-21)24(30)28-14-4-3-5-15-28/h6-12,17-18H,3-5,13-16H2,1-2H3,(H2,26,27,29,32). The van der Waals surface area contributed by atoms with Crippen molar-refractivity contribution in [2.75, 3.05) is 25.0 Å². The highest BCUT2D eigenvalue weighted by molar-refractivity contribution is 7.80. The third kappa shape index (κ3) is 7.05. The van der Waals surface area contributed by atoms with Gasteiger partial charge >= 0.3 is 0 Å². The summed E-state index contributed by atoms with van der Waals surface area (Å²) in [5, 5.41) is 5.87. The SMILES string of the molecule is CC(C)CCOc1cccc(C(=O)NC(=S)Nc2ccc(C(=O)N3CCCCC3)cc2)c1. The highest BCUT2D eigenvalue weighted by Gasteiger charge is 2.18. The van der Waals surface area contributed by atoms with Crippen LogP contribution in [0, 0.1) is 5.92 Å². The Morgan fingerprint density at radius 1 is 1.03 bits per heavy atom. The number of benzene rings is 2. The van der Waals surface area contributed by atoms with Crippen molar-refractivity contribution in [2.24, 2.45) is 5.92 Å². The van der Waals surface area contributed by atoms with E-state index in [2.05, 4.69) is 24.5 Å². The zero-order valence-corrected chi connectivity index (χ0v) is 19.5. The molecule has 0 saturated carbocycles. The lowest BCUT2D eigenvalue weighted by molar-refractivity contribution is 0.0724. The topological polar surface area (TPSA) is 70.7 Å². The van der Waals surface area contributed by atoms with Gasteiger partial charge in [-0.25, -0.2) is 0 Å². The van der Waals surface area contributed by atoms with Crippen LogP contribution >= 0.6 is 12.2 Å². The molecule has 6 nitrogen and oxygen atoms in total. The van der Waals surface area contributed by atoms with Crippen LogP contribution < -0.4 is 15.4 Å². The summed E-state index contributed by atoms with van der Waals surface area (Å²) in [6, 6.07) is 14.2. The third-order valence-corrected chi connectivity index (χ3v) is 5.52. The van der Waals surface area contributed by atoms with E-state index < -0.39 is 0 Å². The average molecular weight is 454 g/mol. The van der Waals surface area contributed by atoms with Crippen LogP contribution in [0.25, 0.3) is 0 Å². The van der Waals surface area contributed by atoms with Gasteiger partial charge in [-0.1, -0.05) is 19.9 Å². The summed E-state index contributed by atoms with van der Waals surface area (Å²) in [7, 11) is 0. The smallest absolute Gasteiger partial charge is 0.257 e. The van der Waals surface area contributed by atoms with Gasteiger partial charge in [0, 0.05) is 29.9 Å². The molecular weight excluding hydrogens is 422 g/mol. The van der Waals surface area contributed by atoms with Gasteiger partial charge in [0.25, 0.3) is 11.8 Å². The molecule has 0 radical (unpaired) electrons. The summed E-state index contributed by atoms with van der Waals surface area (Å²) >= 11 is 5.28. The summed E-state index contributed by atoms with van der Waals surface area (Å²) in [5.74, 6) is 0.962. The van der Waals surface area contributed by atoms with E-state index >= 15 is 0 Å². The number of hydrogen-bond donors (Lipinski definition) is 2. The minimum atomic E-state index is -0.311. The molecule has 3 rings (SSSR count). The molecule has 7 heteroatoms. The van der Waals surface area contributed by atoms with Gasteiger partial charge in [0.15, 0.2) is 5.11 Å². The maximum Gasteiger partial charge on any atom is 0.257 e. The number of rotatable bonds is 7. The average Bonchev–Trinajstić information content (AvgIpc) is 2.79. The van der Waals surface area contributed by atoms with Gasteiger partial charge in [0.05, 0.1) is 6.61 Å². The first-order valence-corrected chi connectivity index (χ1v) is 11.6. The van der Waals surface area contributed by atoms with E-state index in [9.17, 15) is 9.59 Å². The molecule has 1 saturated heterocycles. The normalized spacial score (nSPS) is 13.5. The lowest BCUT2D eigenvalue weighted by Crippen LogP contribution is -2.35. The number of hydrogen-bond acceptors (Lipinski definition) is 4. The van der Waals surface area contributed by atoms with Crippen LogP contribution in [0.15, 0.2) is 48.5 Å². The zero-order valence-electron chi connectivity index (χ0n) is 18.7. The molecule has 0 spiro atoms. The fourth-order valence-corrected chi connectivity index (χ4v) is 3.66.